The van der Waals surface area contributed by atoms with Crippen molar-refractivity contribution in [2.45, 2.75) is 45.8 Å². The van der Waals surface area contributed by atoms with E-state index in [9.17, 15) is 0 Å². The van der Waals surface area contributed by atoms with Gasteiger partial charge in [-0.1, -0.05) is 68.1 Å². The Balaban J connectivity index is 0.00000288. The maximum absolute atomic E-state index is 5.98. The smallest absolute Gasteiger partial charge is 0.124 e. The van der Waals surface area contributed by atoms with Gasteiger partial charge in [-0.15, -0.1) is 12.4 Å². The molecule has 0 aliphatic carbocycles. The van der Waals surface area contributed by atoms with Crippen molar-refractivity contribution in [3.05, 3.63) is 64.7 Å². The van der Waals surface area contributed by atoms with Crippen LogP contribution in [0.3, 0.4) is 0 Å². The molecular formula is C20H27Cl2NO. The molecule has 0 heterocycles. The molecular weight excluding hydrogens is 341 g/mol. The zero-order chi connectivity index (χ0) is 16.3. The van der Waals surface area contributed by atoms with Crippen LogP contribution in [-0.4, -0.2) is 6.54 Å². The molecule has 0 aromatic heterocycles. The number of benzene rings is 2. The minimum atomic E-state index is 0. The van der Waals surface area contributed by atoms with Crippen LogP contribution in [0.15, 0.2) is 48.5 Å². The lowest BCUT2D eigenvalue weighted by atomic mass is 10.2. The molecule has 0 saturated heterocycles. The maximum atomic E-state index is 5.98. The van der Waals surface area contributed by atoms with Crippen LogP contribution in [0.2, 0.25) is 5.02 Å². The number of nitrogens with one attached hydrogen (secondary N) is 1. The molecule has 2 aromatic carbocycles. The topological polar surface area (TPSA) is 21.3 Å². The predicted molar refractivity (Wildman–Crippen MR) is 105 cm³/mol. The molecule has 24 heavy (non-hydrogen) atoms. The van der Waals surface area contributed by atoms with Gasteiger partial charge in [0.25, 0.3) is 0 Å². The van der Waals surface area contributed by atoms with Crippen molar-refractivity contribution >= 4 is 24.0 Å². The van der Waals surface area contributed by atoms with E-state index in [0.717, 1.165) is 29.4 Å². The van der Waals surface area contributed by atoms with Gasteiger partial charge in [0.05, 0.1) is 0 Å². The monoisotopic (exact) mass is 367 g/mol. The molecule has 0 atom stereocenters. The summed E-state index contributed by atoms with van der Waals surface area (Å²) in [7, 11) is 0. The Labute approximate surface area is 157 Å². The van der Waals surface area contributed by atoms with E-state index in [1.165, 1.54) is 31.2 Å². The van der Waals surface area contributed by atoms with Gasteiger partial charge in [-0.25, -0.2) is 0 Å². The highest BCUT2D eigenvalue weighted by Gasteiger charge is 2.03. The molecule has 0 spiro atoms. The quantitative estimate of drug-likeness (QED) is 0.519. The van der Waals surface area contributed by atoms with Gasteiger partial charge in [-0.05, 0) is 36.7 Å². The highest BCUT2D eigenvalue weighted by molar-refractivity contribution is 6.30. The maximum Gasteiger partial charge on any atom is 0.124 e. The van der Waals surface area contributed by atoms with Gasteiger partial charge in [0.2, 0.25) is 0 Å². The minimum absolute atomic E-state index is 0. The average Bonchev–Trinajstić information content (AvgIpc) is 2.58. The van der Waals surface area contributed by atoms with E-state index in [2.05, 4.69) is 24.4 Å². The standard InChI is InChI=1S/C20H26ClNO.ClH/c1-2-3-4-7-14-22-15-18-8-5-6-9-20(18)23-16-17-10-12-19(21)13-11-17;/h5-6,8-13,22H,2-4,7,14-16H2,1H3;1H. The second-order valence-electron chi connectivity index (χ2n) is 5.76. The second-order valence-corrected chi connectivity index (χ2v) is 6.20. The summed E-state index contributed by atoms with van der Waals surface area (Å²) in [6, 6.07) is 16.0. The molecule has 0 radical (unpaired) electrons. The van der Waals surface area contributed by atoms with Gasteiger partial charge in [0, 0.05) is 17.1 Å². The fraction of sp³-hybridized carbons (Fsp3) is 0.400. The number of ether oxygens (including phenoxy) is 1. The molecule has 0 aliphatic heterocycles. The van der Waals surface area contributed by atoms with Gasteiger partial charge in [-0.3, -0.25) is 0 Å². The van der Waals surface area contributed by atoms with Crippen LogP contribution >= 0.6 is 24.0 Å². The first kappa shape index (κ1) is 20.8. The van der Waals surface area contributed by atoms with Crippen LogP contribution in [0.5, 0.6) is 5.75 Å². The summed E-state index contributed by atoms with van der Waals surface area (Å²) in [6.45, 7) is 4.71. The summed E-state index contributed by atoms with van der Waals surface area (Å²) in [5.74, 6) is 0.948. The van der Waals surface area contributed by atoms with Crippen LogP contribution in [0.4, 0.5) is 0 Å². The van der Waals surface area contributed by atoms with Crippen LogP contribution in [-0.2, 0) is 13.2 Å². The molecule has 0 saturated carbocycles. The predicted octanol–water partition coefficient (Wildman–Crippen LogP) is 6.01. The largest absolute Gasteiger partial charge is 0.489 e. The van der Waals surface area contributed by atoms with E-state index in [1.807, 2.05) is 36.4 Å². The number of unbranched alkanes of at least 4 members (excludes halogenated alkanes) is 3. The molecule has 2 rings (SSSR count). The number of hydrogen-bond donors (Lipinski definition) is 1. The zero-order valence-electron chi connectivity index (χ0n) is 14.3. The minimum Gasteiger partial charge on any atom is -0.489 e. The van der Waals surface area contributed by atoms with Gasteiger partial charge < -0.3 is 10.1 Å². The molecule has 0 amide bonds. The van der Waals surface area contributed by atoms with Gasteiger partial charge >= 0.3 is 0 Å². The summed E-state index contributed by atoms with van der Waals surface area (Å²) in [5.41, 5.74) is 2.33. The van der Waals surface area contributed by atoms with Crippen molar-refractivity contribution in [1.29, 1.82) is 0 Å². The Morgan fingerprint density at radius 1 is 0.958 bits per heavy atom. The van der Waals surface area contributed by atoms with Crippen molar-refractivity contribution in [3.63, 3.8) is 0 Å². The third-order valence-electron chi connectivity index (χ3n) is 3.80. The molecule has 0 bridgehead atoms. The fourth-order valence-electron chi connectivity index (χ4n) is 2.43. The molecule has 0 unspecified atom stereocenters. The molecule has 0 fully saturated rings. The Bertz CT molecular complexity index is 572. The average molecular weight is 368 g/mol. The van der Waals surface area contributed by atoms with Gasteiger partial charge in [0.1, 0.15) is 12.4 Å². The Kier molecular flexibility index (Phi) is 10.6. The van der Waals surface area contributed by atoms with E-state index in [0.29, 0.717) is 6.61 Å². The van der Waals surface area contributed by atoms with Gasteiger partial charge in [0.15, 0.2) is 0 Å². The summed E-state index contributed by atoms with van der Waals surface area (Å²) >= 11 is 5.91. The Hall–Kier alpha value is -1.22. The number of para-hydroxylation sites is 1. The zero-order valence-corrected chi connectivity index (χ0v) is 15.8. The molecule has 2 aromatic rings. The van der Waals surface area contributed by atoms with E-state index in [4.69, 9.17) is 16.3 Å². The normalized spacial score (nSPS) is 10.2. The fourth-order valence-corrected chi connectivity index (χ4v) is 2.56. The molecule has 0 aliphatic rings. The third-order valence-corrected chi connectivity index (χ3v) is 4.05. The van der Waals surface area contributed by atoms with Crippen LogP contribution in [0, 0.1) is 0 Å². The molecule has 1 N–H and O–H groups in total. The number of rotatable bonds is 10. The second kappa shape index (κ2) is 12.2. The highest BCUT2D eigenvalue weighted by atomic mass is 35.5. The first-order chi connectivity index (χ1) is 11.3. The molecule has 132 valence electrons. The third kappa shape index (κ3) is 7.57. The van der Waals surface area contributed by atoms with Crippen molar-refractivity contribution in [2.75, 3.05) is 6.54 Å². The van der Waals surface area contributed by atoms with E-state index in [1.54, 1.807) is 0 Å². The molecule has 4 heteroatoms. The number of halogens is 2. The van der Waals surface area contributed by atoms with Crippen molar-refractivity contribution < 1.29 is 4.74 Å². The van der Waals surface area contributed by atoms with Gasteiger partial charge in [-0.2, -0.15) is 0 Å². The summed E-state index contributed by atoms with van der Waals surface area (Å²) in [6.07, 6.45) is 5.14. The van der Waals surface area contributed by atoms with E-state index < -0.39 is 0 Å². The van der Waals surface area contributed by atoms with Crippen molar-refractivity contribution in [2.24, 2.45) is 0 Å². The Morgan fingerprint density at radius 2 is 1.71 bits per heavy atom. The lowest BCUT2D eigenvalue weighted by molar-refractivity contribution is 0.302. The van der Waals surface area contributed by atoms with E-state index in [-0.39, 0.29) is 12.4 Å². The lowest BCUT2D eigenvalue weighted by Crippen LogP contribution is -2.15. The first-order valence-electron chi connectivity index (χ1n) is 8.45. The number of hydrogen-bond acceptors (Lipinski definition) is 2. The van der Waals surface area contributed by atoms with E-state index >= 15 is 0 Å². The summed E-state index contributed by atoms with van der Waals surface area (Å²) in [5, 5.41) is 4.26. The summed E-state index contributed by atoms with van der Waals surface area (Å²) in [4.78, 5) is 0. The van der Waals surface area contributed by atoms with Crippen molar-refractivity contribution in [1.82, 2.24) is 5.32 Å². The SMILES string of the molecule is CCCCCCNCc1ccccc1OCc1ccc(Cl)cc1.Cl. The van der Waals surface area contributed by atoms with Crippen LogP contribution < -0.4 is 10.1 Å². The van der Waals surface area contributed by atoms with Crippen LogP contribution in [0.1, 0.15) is 43.7 Å². The lowest BCUT2D eigenvalue weighted by Gasteiger charge is -2.12. The Morgan fingerprint density at radius 3 is 2.46 bits per heavy atom. The summed E-state index contributed by atoms with van der Waals surface area (Å²) < 4.78 is 5.98. The van der Waals surface area contributed by atoms with Crippen molar-refractivity contribution in [3.8, 4) is 5.75 Å². The highest BCUT2D eigenvalue weighted by Crippen LogP contribution is 2.20. The first-order valence-corrected chi connectivity index (χ1v) is 8.83. The molecule has 2 nitrogen and oxygen atoms in total. The van der Waals surface area contributed by atoms with Crippen LogP contribution in [0.25, 0.3) is 0 Å².